The number of carbonyl (C=O) groups is 2. The van der Waals surface area contributed by atoms with E-state index < -0.39 is 27.7 Å². The van der Waals surface area contributed by atoms with E-state index >= 15 is 0 Å². The van der Waals surface area contributed by atoms with Crippen molar-refractivity contribution in [1.82, 2.24) is 0 Å². The molecule has 1 aromatic carbocycles. The molecule has 0 radical (unpaired) electrons. The monoisotopic (exact) mass is 256 g/mol. The minimum Gasteiger partial charge on any atom is -0.465 e. The maximum atomic E-state index is 11.6. The van der Waals surface area contributed by atoms with Gasteiger partial charge in [-0.25, -0.2) is 18.0 Å². The number of hydrogen-bond acceptors (Lipinski definition) is 6. The van der Waals surface area contributed by atoms with Gasteiger partial charge in [-0.3, -0.25) is 0 Å². The van der Waals surface area contributed by atoms with Gasteiger partial charge in [-0.15, -0.1) is 0 Å². The van der Waals surface area contributed by atoms with E-state index in [1.54, 1.807) is 0 Å². The number of methoxy groups -OCH3 is 1. The van der Waals surface area contributed by atoms with Crippen molar-refractivity contribution >= 4 is 21.8 Å². The van der Waals surface area contributed by atoms with Crippen LogP contribution in [0.3, 0.4) is 0 Å². The van der Waals surface area contributed by atoms with Crippen LogP contribution >= 0.6 is 0 Å². The lowest BCUT2D eigenvalue weighted by Crippen LogP contribution is -2.24. The van der Waals surface area contributed by atoms with Gasteiger partial charge < -0.3 is 9.47 Å². The van der Waals surface area contributed by atoms with Crippen LogP contribution in [0.1, 0.15) is 20.7 Å². The quantitative estimate of drug-likeness (QED) is 0.675. The smallest absolute Gasteiger partial charge is 0.340 e. The minimum absolute atomic E-state index is 0.0975. The van der Waals surface area contributed by atoms with Crippen LogP contribution in [-0.2, 0) is 19.3 Å². The molecule has 0 amide bonds. The Morgan fingerprint density at radius 3 is 2.76 bits per heavy atom. The van der Waals surface area contributed by atoms with E-state index in [9.17, 15) is 18.0 Å². The molecule has 1 aliphatic heterocycles. The van der Waals surface area contributed by atoms with Crippen molar-refractivity contribution in [2.75, 3.05) is 13.0 Å². The van der Waals surface area contributed by atoms with E-state index in [4.69, 9.17) is 0 Å². The van der Waals surface area contributed by atoms with Crippen LogP contribution in [0.25, 0.3) is 0 Å². The van der Waals surface area contributed by atoms with E-state index in [0.717, 1.165) is 6.07 Å². The van der Waals surface area contributed by atoms with Crippen molar-refractivity contribution in [1.29, 1.82) is 0 Å². The summed E-state index contributed by atoms with van der Waals surface area (Å²) in [5, 5.41) is 0. The third-order valence-electron chi connectivity index (χ3n) is 2.30. The summed E-state index contributed by atoms with van der Waals surface area (Å²) in [5.74, 6) is -2.08. The summed E-state index contributed by atoms with van der Waals surface area (Å²) >= 11 is 0. The lowest BCUT2D eigenvalue weighted by atomic mass is 10.1. The number of cyclic esters (lactones) is 1. The molecule has 2 rings (SSSR count). The average Bonchev–Trinajstić information content (AvgIpc) is 2.33. The Balaban J connectivity index is 2.62. The number of ether oxygens (including phenoxy) is 2. The lowest BCUT2D eigenvalue weighted by molar-refractivity contribution is 0.0554. The molecule has 0 spiro atoms. The summed E-state index contributed by atoms with van der Waals surface area (Å²) in [6.07, 6.45) is 0. The second kappa shape index (κ2) is 3.85. The summed E-state index contributed by atoms with van der Waals surface area (Å²) in [6, 6.07) is 3.65. The van der Waals surface area contributed by atoms with Crippen LogP contribution in [0.5, 0.6) is 0 Å². The largest absolute Gasteiger partial charge is 0.465 e. The second-order valence-corrected chi connectivity index (χ2v) is 5.27. The molecule has 0 unspecified atom stereocenters. The molecule has 0 bridgehead atoms. The summed E-state index contributed by atoms with van der Waals surface area (Å²) in [4.78, 5) is 22.5. The van der Waals surface area contributed by atoms with Gasteiger partial charge in [0.15, 0.2) is 5.94 Å². The first-order valence-corrected chi connectivity index (χ1v) is 6.23. The standard InChI is InChI=1S/C10H8O6S/c1-15-9(11)6-2-3-8-7(4-6)10(12)16-5-17(8,13)14/h2-4H,5H2,1H3. The van der Waals surface area contributed by atoms with Crippen molar-refractivity contribution in [3.05, 3.63) is 29.3 Å². The molecule has 17 heavy (non-hydrogen) atoms. The predicted octanol–water partition coefficient (Wildman–Crippen LogP) is 0.375. The van der Waals surface area contributed by atoms with Gasteiger partial charge in [-0.05, 0) is 18.2 Å². The third-order valence-corrected chi connectivity index (χ3v) is 3.76. The van der Waals surface area contributed by atoms with Crippen LogP contribution in [-0.4, -0.2) is 33.4 Å². The van der Waals surface area contributed by atoms with E-state index in [2.05, 4.69) is 9.47 Å². The fourth-order valence-corrected chi connectivity index (χ4v) is 2.62. The van der Waals surface area contributed by atoms with Gasteiger partial charge in [0.05, 0.1) is 23.1 Å². The molecule has 6 nitrogen and oxygen atoms in total. The van der Waals surface area contributed by atoms with E-state index in [1.807, 2.05) is 0 Å². The van der Waals surface area contributed by atoms with Gasteiger partial charge in [0.2, 0.25) is 9.84 Å². The van der Waals surface area contributed by atoms with Gasteiger partial charge >= 0.3 is 11.9 Å². The van der Waals surface area contributed by atoms with Crippen molar-refractivity contribution in [3.63, 3.8) is 0 Å². The zero-order valence-corrected chi connectivity index (χ0v) is 9.61. The van der Waals surface area contributed by atoms with Gasteiger partial charge in [0.1, 0.15) is 0 Å². The molecule has 0 N–H and O–H groups in total. The molecule has 0 fully saturated rings. The Morgan fingerprint density at radius 2 is 2.12 bits per heavy atom. The highest BCUT2D eigenvalue weighted by molar-refractivity contribution is 7.91. The zero-order chi connectivity index (χ0) is 12.6. The first-order chi connectivity index (χ1) is 7.95. The van der Waals surface area contributed by atoms with Crippen molar-refractivity contribution in [3.8, 4) is 0 Å². The second-order valence-electron chi connectivity index (χ2n) is 3.37. The Kier molecular flexibility index (Phi) is 2.62. The molecule has 0 aromatic heterocycles. The Morgan fingerprint density at radius 1 is 1.41 bits per heavy atom. The summed E-state index contributed by atoms with van der Waals surface area (Å²) in [6.45, 7) is 0. The van der Waals surface area contributed by atoms with E-state index in [1.165, 1.54) is 19.2 Å². The number of esters is 2. The molecular weight excluding hydrogens is 248 g/mol. The highest BCUT2D eigenvalue weighted by atomic mass is 32.2. The number of carbonyl (C=O) groups excluding carboxylic acids is 2. The SMILES string of the molecule is COC(=O)c1ccc2c(c1)C(=O)OCS2(=O)=O. The zero-order valence-electron chi connectivity index (χ0n) is 8.80. The average molecular weight is 256 g/mol. The maximum absolute atomic E-state index is 11.6. The molecule has 0 aliphatic carbocycles. The molecule has 1 aromatic rings. The Labute approximate surface area is 97.1 Å². The van der Waals surface area contributed by atoms with Gasteiger partial charge in [0.25, 0.3) is 0 Å². The van der Waals surface area contributed by atoms with E-state index in [-0.39, 0.29) is 16.0 Å². The molecule has 0 saturated carbocycles. The molecule has 1 heterocycles. The van der Waals surface area contributed by atoms with Crippen molar-refractivity contribution in [2.45, 2.75) is 4.90 Å². The lowest BCUT2D eigenvalue weighted by Gasteiger charge is -2.16. The molecule has 7 heteroatoms. The van der Waals surface area contributed by atoms with Crippen LogP contribution in [0.15, 0.2) is 23.1 Å². The number of benzene rings is 1. The van der Waals surface area contributed by atoms with Crippen LogP contribution in [0, 0.1) is 0 Å². The highest BCUT2D eigenvalue weighted by Gasteiger charge is 2.31. The molecule has 1 aliphatic rings. The predicted molar refractivity (Wildman–Crippen MR) is 55.2 cm³/mol. The molecule has 0 atom stereocenters. The first kappa shape index (κ1) is 11.6. The topological polar surface area (TPSA) is 86.7 Å². The number of hydrogen-bond donors (Lipinski definition) is 0. The summed E-state index contributed by atoms with van der Waals surface area (Å²) in [7, 11) is -2.43. The third kappa shape index (κ3) is 1.89. The van der Waals surface area contributed by atoms with Crippen molar-refractivity contribution in [2.24, 2.45) is 0 Å². The van der Waals surface area contributed by atoms with Gasteiger partial charge in [0, 0.05) is 0 Å². The number of fused-ring (bicyclic) bond motifs is 1. The normalized spacial score (nSPS) is 16.9. The Bertz CT molecular complexity index is 601. The number of sulfone groups is 1. The van der Waals surface area contributed by atoms with Crippen molar-refractivity contribution < 1.29 is 27.5 Å². The molecular formula is C10H8O6S. The summed E-state index contributed by atoms with van der Waals surface area (Å²) in [5.41, 5.74) is -0.0422. The molecule has 90 valence electrons. The summed E-state index contributed by atoms with van der Waals surface area (Å²) < 4.78 is 32.1. The van der Waals surface area contributed by atoms with Crippen LogP contribution < -0.4 is 0 Å². The minimum atomic E-state index is -3.62. The van der Waals surface area contributed by atoms with Gasteiger partial charge in [-0.2, -0.15) is 0 Å². The maximum Gasteiger partial charge on any atom is 0.340 e. The van der Waals surface area contributed by atoms with E-state index in [0.29, 0.717) is 0 Å². The van der Waals surface area contributed by atoms with Crippen LogP contribution in [0.2, 0.25) is 0 Å². The number of rotatable bonds is 1. The fraction of sp³-hybridized carbons (Fsp3) is 0.200. The Hall–Kier alpha value is -1.89. The first-order valence-electron chi connectivity index (χ1n) is 4.58. The molecule has 0 saturated heterocycles. The fourth-order valence-electron chi connectivity index (χ4n) is 1.48. The van der Waals surface area contributed by atoms with Crippen LogP contribution in [0.4, 0.5) is 0 Å². The highest BCUT2D eigenvalue weighted by Crippen LogP contribution is 2.24. The van der Waals surface area contributed by atoms with Gasteiger partial charge in [-0.1, -0.05) is 0 Å².